The van der Waals surface area contributed by atoms with Crippen molar-refractivity contribution >= 4 is 5.91 Å². The Hall–Kier alpha value is -2.21. The highest BCUT2D eigenvalue weighted by molar-refractivity contribution is 5.79. The molecule has 25 heavy (non-hydrogen) atoms. The van der Waals surface area contributed by atoms with Gasteiger partial charge in [-0.15, -0.1) is 0 Å². The van der Waals surface area contributed by atoms with Crippen molar-refractivity contribution in [2.75, 3.05) is 19.8 Å². The lowest BCUT2D eigenvalue weighted by Crippen LogP contribution is -2.46. The van der Waals surface area contributed by atoms with E-state index in [0.29, 0.717) is 31.5 Å². The molecule has 1 aliphatic carbocycles. The summed E-state index contributed by atoms with van der Waals surface area (Å²) in [5.41, 5.74) is 1.39. The minimum absolute atomic E-state index is 0.0902. The molecule has 0 spiro atoms. The van der Waals surface area contributed by atoms with E-state index in [0.717, 1.165) is 25.7 Å². The van der Waals surface area contributed by atoms with E-state index in [-0.39, 0.29) is 17.9 Å². The summed E-state index contributed by atoms with van der Waals surface area (Å²) < 4.78 is 10.4. The Balaban J connectivity index is 1.41. The normalized spacial score (nSPS) is 27.2. The van der Waals surface area contributed by atoms with E-state index in [1.165, 1.54) is 12.0 Å². The lowest BCUT2D eigenvalue weighted by molar-refractivity contribution is -0.146. The van der Waals surface area contributed by atoms with Gasteiger partial charge in [-0.05, 0) is 37.2 Å². The van der Waals surface area contributed by atoms with Gasteiger partial charge in [0.2, 0.25) is 12.3 Å². The summed E-state index contributed by atoms with van der Waals surface area (Å²) >= 11 is 0. The minimum Gasteiger partial charge on any atom is -0.377 e. The molecule has 6 nitrogen and oxygen atoms in total. The second-order valence-corrected chi connectivity index (χ2v) is 6.87. The molecule has 1 saturated heterocycles. The Kier molecular flexibility index (Phi) is 4.78. The third kappa shape index (κ3) is 3.44. The fourth-order valence-corrected chi connectivity index (χ4v) is 4.04. The van der Waals surface area contributed by atoms with E-state index in [2.05, 4.69) is 40.5 Å². The molecule has 2 aromatic rings. The zero-order valence-electron chi connectivity index (χ0n) is 14.2. The van der Waals surface area contributed by atoms with Gasteiger partial charge in [0.25, 0.3) is 0 Å². The first-order valence-corrected chi connectivity index (χ1v) is 9.02. The van der Waals surface area contributed by atoms with Gasteiger partial charge in [0.15, 0.2) is 5.82 Å². The van der Waals surface area contributed by atoms with Gasteiger partial charge >= 0.3 is 0 Å². The average Bonchev–Trinajstić information content (AvgIpc) is 3.23. The van der Waals surface area contributed by atoms with Crippen LogP contribution in [0.5, 0.6) is 0 Å². The quantitative estimate of drug-likeness (QED) is 0.858. The fraction of sp³-hybridized carbons (Fsp3) is 0.526. The highest BCUT2D eigenvalue weighted by atomic mass is 16.5. The first-order chi connectivity index (χ1) is 12.3. The van der Waals surface area contributed by atoms with Crippen LogP contribution in [0.25, 0.3) is 0 Å². The maximum atomic E-state index is 13.1. The Morgan fingerprint density at radius 2 is 1.92 bits per heavy atom. The highest BCUT2D eigenvalue weighted by Gasteiger charge is 2.36. The molecule has 0 N–H and O–H groups in total. The van der Waals surface area contributed by atoms with Crippen molar-refractivity contribution in [3.63, 3.8) is 0 Å². The number of nitrogens with zero attached hydrogens (tertiary/aromatic N) is 3. The van der Waals surface area contributed by atoms with Gasteiger partial charge in [-0.25, -0.2) is 0 Å². The number of carbonyl (C=O) groups is 1. The highest BCUT2D eigenvalue weighted by Crippen LogP contribution is 2.37. The number of morpholine rings is 1. The zero-order valence-corrected chi connectivity index (χ0v) is 14.2. The molecule has 1 atom stereocenters. The van der Waals surface area contributed by atoms with E-state index in [1.54, 1.807) is 0 Å². The third-order valence-corrected chi connectivity index (χ3v) is 5.44. The summed E-state index contributed by atoms with van der Waals surface area (Å²) in [6.45, 7) is 1.60. The van der Waals surface area contributed by atoms with Crippen LogP contribution in [-0.4, -0.2) is 40.7 Å². The molecule has 4 rings (SSSR count). The van der Waals surface area contributed by atoms with Crippen LogP contribution >= 0.6 is 0 Å². The summed E-state index contributed by atoms with van der Waals surface area (Å²) in [6.07, 6.45) is 5.32. The molecule has 1 aromatic carbocycles. The first kappa shape index (κ1) is 16.3. The molecule has 2 aliphatic rings. The third-order valence-electron chi connectivity index (χ3n) is 5.44. The molecule has 1 aromatic heterocycles. The minimum atomic E-state index is -0.230. The van der Waals surface area contributed by atoms with E-state index < -0.39 is 0 Å². The van der Waals surface area contributed by atoms with Gasteiger partial charge in [0.05, 0.1) is 13.2 Å². The first-order valence-electron chi connectivity index (χ1n) is 9.02. The fourth-order valence-electron chi connectivity index (χ4n) is 4.04. The van der Waals surface area contributed by atoms with Gasteiger partial charge in [-0.1, -0.05) is 35.5 Å². The molecular weight excluding hydrogens is 318 g/mol. The van der Waals surface area contributed by atoms with Crippen molar-refractivity contribution in [3.8, 4) is 0 Å². The Labute approximate surface area is 147 Å². The Bertz CT molecular complexity index is 681. The Morgan fingerprint density at radius 3 is 2.64 bits per heavy atom. The molecule has 2 fully saturated rings. The molecule has 1 amide bonds. The van der Waals surface area contributed by atoms with Gasteiger partial charge in [-0.3, -0.25) is 4.79 Å². The number of benzene rings is 1. The summed E-state index contributed by atoms with van der Waals surface area (Å²) in [5.74, 6) is 1.41. The zero-order chi connectivity index (χ0) is 17.1. The molecule has 0 bridgehead atoms. The van der Waals surface area contributed by atoms with Crippen LogP contribution < -0.4 is 0 Å². The number of carbonyl (C=O) groups excluding carboxylic acids is 1. The van der Waals surface area contributed by atoms with Gasteiger partial charge in [0, 0.05) is 12.5 Å². The van der Waals surface area contributed by atoms with E-state index in [9.17, 15) is 4.79 Å². The van der Waals surface area contributed by atoms with Crippen molar-refractivity contribution in [1.29, 1.82) is 0 Å². The number of hydrogen-bond acceptors (Lipinski definition) is 5. The predicted octanol–water partition coefficient (Wildman–Crippen LogP) is 2.94. The van der Waals surface area contributed by atoms with Gasteiger partial charge < -0.3 is 14.2 Å². The van der Waals surface area contributed by atoms with Gasteiger partial charge in [0.1, 0.15) is 6.04 Å². The van der Waals surface area contributed by atoms with Crippen molar-refractivity contribution in [2.45, 2.75) is 37.6 Å². The molecule has 1 unspecified atom stereocenters. The van der Waals surface area contributed by atoms with Crippen LogP contribution in [0.3, 0.4) is 0 Å². The molecule has 132 valence electrons. The smallest absolute Gasteiger partial charge is 0.226 e. The van der Waals surface area contributed by atoms with Crippen LogP contribution in [0.4, 0.5) is 0 Å². The van der Waals surface area contributed by atoms with Crippen LogP contribution in [0.15, 0.2) is 41.2 Å². The predicted molar refractivity (Wildman–Crippen MR) is 90.7 cm³/mol. The summed E-state index contributed by atoms with van der Waals surface area (Å²) in [4.78, 5) is 19.1. The van der Waals surface area contributed by atoms with Crippen molar-refractivity contribution in [3.05, 3.63) is 48.1 Å². The lowest BCUT2D eigenvalue weighted by Gasteiger charge is -2.38. The van der Waals surface area contributed by atoms with E-state index in [4.69, 9.17) is 9.26 Å². The second kappa shape index (κ2) is 7.35. The molecule has 1 saturated carbocycles. The van der Waals surface area contributed by atoms with Crippen LogP contribution in [-0.2, 0) is 9.53 Å². The number of hydrogen-bond donors (Lipinski definition) is 0. The maximum Gasteiger partial charge on any atom is 0.226 e. The topological polar surface area (TPSA) is 68.5 Å². The molecule has 1 aliphatic heterocycles. The molecule has 0 radical (unpaired) electrons. The monoisotopic (exact) mass is 341 g/mol. The second-order valence-electron chi connectivity index (χ2n) is 6.87. The van der Waals surface area contributed by atoms with E-state index in [1.807, 2.05) is 4.90 Å². The van der Waals surface area contributed by atoms with E-state index >= 15 is 0 Å². The SMILES string of the molecule is O=C(C1CCC(c2ccccc2)CC1)N1CCOCC1c1ncon1. The number of amides is 1. The van der Waals surface area contributed by atoms with Crippen molar-refractivity contribution in [1.82, 2.24) is 15.0 Å². The lowest BCUT2D eigenvalue weighted by atomic mass is 9.78. The largest absolute Gasteiger partial charge is 0.377 e. The van der Waals surface area contributed by atoms with Crippen LogP contribution in [0, 0.1) is 5.92 Å². The average molecular weight is 341 g/mol. The van der Waals surface area contributed by atoms with Gasteiger partial charge in [-0.2, -0.15) is 4.98 Å². The van der Waals surface area contributed by atoms with Crippen LogP contribution in [0.1, 0.15) is 49.0 Å². The molecule has 6 heteroatoms. The number of aromatic nitrogens is 2. The van der Waals surface area contributed by atoms with Crippen molar-refractivity contribution in [2.24, 2.45) is 5.92 Å². The molecular formula is C19H23N3O3. The molecule has 2 heterocycles. The summed E-state index contributed by atoms with van der Waals surface area (Å²) in [6, 6.07) is 10.4. The Morgan fingerprint density at radius 1 is 1.12 bits per heavy atom. The maximum absolute atomic E-state index is 13.1. The number of rotatable bonds is 3. The summed E-state index contributed by atoms with van der Waals surface area (Å²) in [5, 5.41) is 3.91. The summed E-state index contributed by atoms with van der Waals surface area (Å²) in [7, 11) is 0. The standard InChI is InChI=1S/C19H23N3O3/c23-19(22-10-11-24-12-17(22)18-20-13-25-21-18)16-8-6-15(7-9-16)14-4-2-1-3-5-14/h1-5,13,15-17H,6-12H2. The van der Waals surface area contributed by atoms with Crippen LogP contribution in [0.2, 0.25) is 0 Å². The number of ether oxygens (including phenoxy) is 1. The van der Waals surface area contributed by atoms with Crippen molar-refractivity contribution < 1.29 is 14.1 Å².